The summed E-state index contributed by atoms with van der Waals surface area (Å²) < 4.78 is 22.3. The van der Waals surface area contributed by atoms with E-state index in [1.165, 1.54) is 12.1 Å². The molecule has 6 nitrogen and oxygen atoms in total. The van der Waals surface area contributed by atoms with Crippen molar-refractivity contribution in [3.63, 3.8) is 0 Å². The monoisotopic (exact) mass is 274 g/mol. The first kappa shape index (κ1) is 11.8. The van der Waals surface area contributed by atoms with E-state index in [1.54, 1.807) is 24.7 Å². The van der Waals surface area contributed by atoms with Crippen molar-refractivity contribution in [2.24, 2.45) is 5.14 Å². The summed E-state index contributed by atoms with van der Waals surface area (Å²) in [7, 11) is -3.66. The summed E-state index contributed by atoms with van der Waals surface area (Å²) in [6.07, 6.45) is 3.26. The van der Waals surface area contributed by atoms with Crippen LogP contribution in [0, 0.1) is 0 Å². The van der Waals surface area contributed by atoms with Gasteiger partial charge in [-0.1, -0.05) is 12.1 Å². The van der Waals surface area contributed by atoms with E-state index in [4.69, 9.17) is 5.14 Å². The minimum Gasteiger partial charge on any atom is -0.343 e. The molecule has 3 aromatic rings. The topological polar surface area (TPSA) is 102 Å². The van der Waals surface area contributed by atoms with Crippen LogP contribution in [0.4, 0.5) is 0 Å². The average molecular weight is 274 g/mol. The minimum atomic E-state index is -3.66. The van der Waals surface area contributed by atoms with Crippen LogP contribution in [-0.2, 0) is 10.0 Å². The highest BCUT2D eigenvalue weighted by Gasteiger charge is 2.08. The SMILES string of the molecule is NS(=O)(=O)c1ccc(-c2cnc3nc[nH]c3c2)cc1. The Bertz CT molecular complexity index is 838. The number of imidazole rings is 1. The largest absolute Gasteiger partial charge is 0.343 e. The molecule has 0 bridgehead atoms. The molecule has 3 rings (SSSR count). The number of benzene rings is 1. The molecule has 0 saturated carbocycles. The number of primary sulfonamides is 1. The zero-order valence-corrected chi connectivity index (χ0v) is 10.6. The zero-order valence-electron chi connectivity index (χ0n) is 9.74. The molecule has 19 heavy (non-hydrogen) atoms. The van der Waals surface area contributed by atoms with Gasteiger partial charge in [-0.2, -0.15) is 0 Å². The third-order valence-corrected chi connectivity index (χ3v) is 3.72. The standard InChI is InChI=1S/C12H10N4O2S/c13-19(17,18)10-3-1-8(2-4-10)9-5-11-12(14-6-9)16-7-15-11/h1-7H,(H2,13,17,18)(H,14,15,16). The van der Waals surface area contributed by atoms with E-state index >= 15 is 0 Å². The first-order chi connectivity index (χ1) is 9.04. The molecule has 1 aromatic carbocycles. The second-order valence-corrected chi connectivity index (χ2v) is 5.63. The number of hydrogen-bond donors (Lipinski definition) is 2. The molecule has 2 heterocycles. The maximum atomic E-state index is 11.2. The van der Waals surface area contributed by atoms with Crippen molar-refractivity contribution < 1.29 is 8.42 Å². The molecule has 0 unspecified atom stereocenters. The lowest BCUT2D eigenvalue weighted by atomic mass is 10.1. The fourth-order valence-corrected chi connectivity index (χ4v) is 2.34. The Kier molecular flexibility index (Phi) is 2.58. The predicted octanol–water partition coefficient (Wildman–Crippen LogP) is 1.27. The summed E-state index contributed by atoms with van der Waals surface area (Å²) >= 11 is 0. The molecule has 0 radical (unpaired) electrons. The fraction of sp³-hybridized carbons (Fsp3) is 0. The Morgan fingerprint density at radius 3 is 2.47 bits per heavy atom. The van der Waals surface area contributed by atoms with Crippen LogP contribution in [0.15, 0.2) is 47.8 Å². The summed E-state index contributed by atoms with van der Waals surface area (Å²) in [5.41, 5.74) is 3.20. The van der Waals surface area contributed by atoms with Crippen LogP contribution in [0.1, 0.15) is 0 Å². The van der Waals surface area contributed by atoms with Crippen molar-refractivity contribution >= 4 is 21.2 Å². The Labute approximate surface area is 109 Å². The molecule has 0 amide bonds. The number of fused-ring (bicyclic) bond motifs is 1. The molecule has 0 fully saturated rings. The first-order valence-corrected chi connectivity index (χ1v) is 7.01. The number of H-pyrrole nitrogens is 1. The molecule has 7 heteroatoms. The maximum Gasteiger partial charge on any atom is 0.238 e. The van der Waals surface area contributed by atoms with Gasteiger partial charge in [-0.3, -0.25) is 0 Å². The van der Waals surface area contributed by atoms with Crippen molar-refractivity contribution in [2.75, 3.05) is 0 Å². The van der Waals surface area contributed by atoms with Gasteiger partial charge in [-0.05, 0) is 23.8 Å². The van der Waals surface area contributed by atoms with Gasteiger partial charge in [0.15, 0.2) is 5.65 Å². The lowest BCUT2D eigenvalue weighted by Crippen LogP contribution is -2.11. The summed E-state index contributed by atoms with van der Waals surface area (Å²) in [5, 5.41) is 5.05. The van der Waals surface area contributed by atoms with Gasteiger partial charge < -0.3 is 4.98 Å². The average Bonchev–Trinajstić information content (AvgIpc) is 2.85. The molecule has 2 aromatic heterocycles. The highest BCUT2D eigenvalue weighted by Crippen LogP contribution is 2.22. The number of sulfonamides is 1. The normalized spacial score (nSPS) is 11.8. The summed E-state index contributed by atoms with van der Waals surface area (Å²) in [5.74, 6) is 0. The van der Waals surface area contributed by atoms with Gasteiger partial charge in [0.1, 0.15) is 0 Å². The lowest BCUT2D eigenvalue weighted by molar-refractivity contribution is 0.598. The molecule has 0 spiro atoms. The third kappa shape index (κ3) is 2.20. The number of pyridine rings is 1. The van der Waals surface area contributed by atoms with Crippen LogP contribution in [0.2, 0.25) is 0 Å². The van der Waals surface area contributed by atoms with E-state index in [1.807, 2.05) is 6.07 Å². The number of nitrogens with one attached hydrogen (secondary N) is 1. The van der Waals surface area contributed by atoms with E-state index in [9.17, 15) is 8.42 Å². The number of nitrogens with zero attached hydrogens (tertiary/aromatic N) is 2. The summed E-state index contributed by atoms with van der Waals surface area (Å²) in [4.78, 5) is 11.3. The third-order valence-electron chi connectivity index (χ3n) is 2.79. The number of rotatable bonds is 2. The molecule has 3 N–H and O–H groups in total. The van der Waals surface area contributed by atoms with Gasteiger partial charge >= 0.3 is 0 Å². The molecule has 96 valence electrons. The van der Waals surface area contributed by atoms with Gasteiger partial charge in [0, 0.05) is 11.8 Å². The molecule has 0 atom stereocenters. The second kappa shape index (κ2) is 4.15. The Balaban J connectivity index is 2.06. The van der Waals surface area contributed by atoms with Crippen LogP contribution in [0.25, 0.3) is 22.3 Å². The van der Waals surface area contributed by atoms with Gasteiger partial charge in [-0.15, -0.1) is 0 Å². The van der Waals surface area contributed by atoms with E-state index in [0.29, 0.717) is 5.65 Å². The Morgan fingerprint density at radius 1 is 1.05 bits per heavy atom. The Morgan fingerprint density at radius 2 is 1.79 bits per heavy atom. The Hall–Kier alpha value is -2.25. The summed E-state index contributed by atoms with van der Waals surface area (Å²) in [6, 6.07) is 8.24. The molecule has 0 saturated heterocycles. The number of hydrogen-bond acceptors (Lipinski definition) is 4. The molecule has 0 aliphatic rings. The first-order valence-electron chi connectivity index (χ1n) is 5.46. The van der Waals surface area contributed by atoms with E-state index in [2.05, 4.69) is 15.0 Å². The van der Waals surface area contributed by atoms with Gasteiger partial charge in [0.2, 0.25) is 10.0 Å². The highest BCUT2D eigenvalue weighted by molar-refractivity contribution is 7.89. The lowest BCUT2D eigenvalue weighted by Gasteiger charge is -2.03. The van der Waals surface area contributed by atoms with E-state index < -0.39 is 10.0 Å². The van der Waals surface area contributed by atoms with E-state index in [0.717, 1.165) is 16.6 Å². The predicted molar refractivity (Wildman–Crippen MR) is 70.7 cm³/mol. The zero-order chi connectivity index (χ0) is 13.5. The maximum absolute atomic E-state index is 11.2. The smallest absolute Gasteiger partial charge is 0.238 e. The van der Waals surface area contributed by atoms with Crippen LogP contribution in [-0.4, -0.2) is 23.4 Å². The second-order valence-electron chi connectivity index (χ2n) is 4.07. The quantitative estimate of drug-likeness (QED) is 0.734. The fourth-order valence-electron chi connectivity index (χ4n) is 1.82. The molecular formula is C12H10N4O2S. The van der Waals surface area contributed by atoms with Crippen molar-refractivity contribution in [1.29, 1.82) is 0 Å². The molecule has 0 aliphatic carbocycles. The van der Waals surface area contributed by atoms with Crippen LogP contribution in [0.5, 0.6) is 0 Å². The van der Waals surface area contributed by atoms with Crippen molar-refractivity contribution in [3.8, 4) is 11.1 Å². The van der Waals surface area contributed by atoms with Crippen molar-refractivity contribution in [1.82, 2.24) is 15.0 Å². The van der Waals surface area contributed by atoms with Crippen LogP contribution in [0.3, 0.4) is 0 Å². The van der Waals surface area contributed by atoms with Crippen molar-refractivity contribution in [3.05, 3.63) is 42.9 Å². The molecule has 0 aliphatic heterocycles. The minimum absolute atomic E-state index is 0.0897. The van der Waals surface area contributed by atoms with Gasteiger partial charge in [0.25, 0.3) is 0 Å². The van der Waals surface area contributed by atoms with Gasteiger partial charge in [-0.25, -0.2) is 23.5 Å². The van der Waals surface area contributed by atoms with Crippen LogP contribution >= 0.6 is 0 Å². The van der Waals surface area contributed by atoms with Crippen LogP contribution < -0.4 is 5.14 Å². The number of aromatic amines is 1. The highest BCUT2D eigenvalue weighted by atomic mass is 32.2. The van der Waals surface area contributed by atoms with Gasteiger partial charge in [0.05, 0.1) is 16.7 Å². The number of nitrogens with two attached hydrogens (primary N) is 1. The van der Waals surface area contributed by atoms with Crippen molar-refractivity contribution in [2.45, 2.75) is 4.90 Å². The number of aromatic nitrogens is 3. The summed E-state index contributed by atoms with van der Waals surface area (Å²) in [6.45, 7) is 0. The molecular weight excluding hydrogens is 264 g/mol. The van der Waals surface area contributed by atoms with E-state index in [-0.39, 0.29) is 4.90 Å².